The molecule has 0 nitrogen and oxygen atoms in total. The number of rotatable bonds is 2. The maximum Gasteiger partial charge on any atom is 0.0439 e. The lowest BCUT2D eigenvalue weighted by molar-refractivity contribution is 0.121. The molecule has 3 rings (SSSR count). The fourth-order valence-corrected chi connectivity index (χ4v) is 3.78. The fourth-order valence-electron chi connectivity index (χ4n) is 3.36. The lowest BCUT2D eigenvalue weighted by atomic mass is 9.59. The number of allylic oxidation sites excluding steroid dienone is 2. The first kappa shape index (κ1) is 12.6. The molecule has 0 saturated heterocycles. The summed E-state index contributed by atoms with van der Waals surface area (Å²) in [4.78, 5) is 0. The van der Waals surface area contributed by atoms with E-state index in [1.54, 1.807) is 0 Å². The highest BCUT2D eigenvalue weighted by atomic mass is 35.5. The molecule has 0 aliphatic heterocycles. The minimum atomic E-state index is 0.602. The van der Waals surface area contributed by atoms with Gasteiger partial charge in [-0.2, -0.15) is 0 Å². The average molecular weight is 281 g/mol. The standard InChI is InChI=1S/C16H18Cl2/c17-11-13-6-9-16(7-1-8-16)10-15(13)12-2-4-14(18)5-3-12/h2-5H,1,6-11H2. The lowest BCUT2D eigenvalue weighted by Gasteiger charge is -2.46. The van der Waals surface area contributed by atoms with E-state index in [0.29, 0.717) is 11.3 Å². The molecule has 0 aromatic heterocycles. The van der Waals surface area contributed by atoms with Gasteiger partial charge in [-0.3, -0.25) is 0 Å². The summed E-state index contributed by atoms with van der Waals surface area (Å²) in [7, 11) is 0. The second-order valence-electron chi connectivity index (χ2n) is 5.75. The molecule has 18 heavy (non-hydrogen) atoms. The Morgan fingerprint density at radius 1 is 1.06 bits per heavy atom. The van der Waals surface area contributed by atoms with Crippen LogP contribution in [-0.2, 0) is 0 Å². The van der Waals surface area contributed by atoms with Crippen molar-refractivity contribution in [1.82, 2.24) is 0 Å². The summed E-state index contributed by atoms with van der Waals surface area (Å²) >= 11 is 12.1. The van der Waals surface area contributed by atoms with Crippen LogP contribution in [0.15, 0.2) is 29.8 Å². The monoisotopic (exact) mass is 280 g/mol. The Bertz CT molecular complexity index is 466. The smallest absolute Gasteiger partial charge is 0.0439 e. The van der Waals surface area contributed by atoms with Crippen molar-refractivity contribution in [2.24, 2.45) is 5.41 Å². The van der Waals surface area contributed by atoms with E-state index >= 15 is 0 Å². The van der Waals surface area contributed by atoms with Gasteiger partial charge < -0.3 is 0 Å². The SMILES string of the molecule is ClCC1=C(c2ccc(Cl)cc2)CC2(CCC2)CC1. The topological polar surface area (TPSA) is 0 Å². The van der Waals surface area contributed by atoms with E-state index in [0.717, 1.165) is 5.02 Å². The Balaban J connectivity index is 1.94. The Labute approximate surface area is 119 Å². The first-order chi connectivity index (χ1) is 8.72. The van der Waals surface area contributed by atoms with Crippen LogP contribution < -0.4 is 0 Å². The van der Waals surface area contributed by atoms with Crippen molar-refractivity contribution >= 4 is 28.8 Å². The van der Waals surface area contributed by atoms with Crippen molar-refractivity contribution < 1.29 is 0 Å². The molecule has 1 saturated carbocycles. The Hall–Kier alpha value is -0.460. The van der Waals surface area contributed by atoms with Crippen LogP contribution in [0.4, 0.5) is 0 Å². The van der Waals surface area contributed by atoms with Crippen molar-refractivity contribution in [3.63, 3.8) is 0 Å². The molecule has 0 radical (unpaired) electrons. The Morgan fingerprint density at radius 3 is 2.33 bits per heavy atom. The number of benzene rings is 1. The van der Waals surface area contributed by atoms with E-state index in [2.05, 4.69) is 12.1 Å². The van der Waals surface area contributed by atoms with Gasteiger partial charge in [0.2, 0.25) is 0 Å². The lowest BCUT2D eigenvalue weighted by Crippen LogP contribution is -2.32. The summed E-state index contributed by atoms with van der Waals surface area (Å²) in [6.07, 6.45) is 7.95. The van der Waals surface area contributed by atoms with Crippen molar-refractivity contribution in [2.45, 2.75) is 38.5 Å². The van der Waals surface area contributed by atoms with Gasteiger partial charge in [0.15, 0.2) is 0 Å². The molecule has 1 fully saturated rings. The summed E-state index contributed by atoms with van der Waals surface area (Å²) in [5.41, 5.74) is 4.86. The predicted octanol–water partition coefficient (Wildman–Crippen LogP) is 5.69. The van der Waals surface area contributed by atoms with Crippen LogP contribution in [0.1, 0.15) is 44.1 Å². The Morgan fingerprint density at radius 2 is 1.78 bits per heavy atom. The molecule has 0 heterocycles. The zero-order valence-corrected chi connectivity index (χ0v) is 12.0. The molecule has 0 unspecified atom stereocenters. The predicted molar refractivity (Wildman–Crippen MR) is 79.2 cm³/mol. The van der Waals surface area contributed by atoms with Crippen molar-refractivity contribution in [3.8, 4) is 0 Å². The molecule has 0 atom stereocenters. The van der Waals surface area contributed by atoms with Gasteiger partial charge >= 0.3 is 0 Å². The van der Waals surface area contributed by atoms with Crippen molar-refractivity contribution in [3.05, 3.63) is 40.4 Å². The average Bonchev–Trinajstić information content (AvgIpc) is 2.37. The number of alkyl halides is 1. The number of hydrogen-bond acceptors (Lipinski definition) is 0. The number of halogens is 2. The van der Waals surface area contributed by atoms with Crippen LogP contribution in [0.2, 0.25) is 5.02 Å². The third-order valence-corrected chi connectivity index (χ3v) is 5.28. The molecule has 2 aliphatic rings. The molecule has 2 aliphatic carbocycles. The van der Waals surface area contributed by atoms with E-state index < -0.39 is 0 Å². The summed E-state index contributed by atoms with van der Waals surface area (Å²) in [5.74, 6) is 0.675. The molecule has 0 amide bonds. The van der Waals surface area contributed by atoms with Crippen LogP contribution >= 0.6 is 23.2 Å². The van der Waals surface area contributed by atoms with Gasteiger partial charge in [-0.15, -0.1) is 11.6 Å². The summed E-state index contributed by atoms with van der Waals surface area (Å²) < 4.78 is 0. The zero-order valence-electron chi connectivity index (χ0n) is 10.5. The Kier molecular flexibility index (Phi) is 3.42. The zero-order chi connectivity index (χ0) is 12.6. The van der Waals surface area contributed by atoms with Crippen LogP contribution in [0.5, 0.6) is 0 Å². The first-order valence-corrected chi connectivity index (χ1v) is 7.66. The first-order valence-electron chi connectivity index (χ1n) is 6.75. The van der Waals surface area contributed by atoms with E-state index in [4.69, 9.17) is 23.2 Å². The highest BCUT2D eigenvalue weighted by molar-refractivity contribution is 6.30. The van der Waals surface area contributed by atoms with E-state index in [-0.39, 0.29) is 0 Å². The van der Waals surface area contributed by atoms with Gasteiger partial charge in [0, 0.05) is 10.9 Å². The van der Waals surface area contributed by atoms with Gasteiger partial charge in [0.25, 0.3) is 0 Å². The third-order valence-electron chi connectivity index (χ3n) is 4.70. The van der Waals surface area contributed by atoms with Gasteiger partial charge in [-0.05, 0) is 60.8 Å². The normalized spacial score (nSPS) is 22.1. The van der Waals surface area contributed by atoms with Crippen LogP contribution in [-0.4, -0.2) is 5.88 Å². The van der Waals surface area contributed by atoms with Crippen molar-refractivity contribution in [2.75, 3.05) is 5.88 Å². The van der Waals surface area contributed by atoms with E-state index in [1.165, 1.54) is 55.2 Å². The minimum Gasteiger partial charge on any atom is -0.122 e. The molecular formula is C16H18Cl2. The molecule has 1 aromatic rings. The van der Waals surface area contributed by atoms with Crippen LogP contribution in [0.25, 0.3) is 5.57 Å². The van der Waals surface area contributed by atoms with Gasteiger partial charge in [-0.25, -0.2) is 0 Å². The van der Waals surface area contributed by atoms with Crippen LogP contribution in [0, 0.1) is 5.41 Å². The molecule has 0 N–H and O–H groups in total. The van der Waals surface area contributed by atoms with Gasteiger partial charge in [-0.1, -0.05) is 35.7 Å². The largest absolute Gasteiger partial charge is 0.122 e. The highest BCUT2D eigenvalue weighted by Crippen LogP contribution is 2.55. The second kappa shape index (κ2) is 4.90. The molecule has 1 spiro atoms. The van der Waals surface area contributed by atoms with Crippen molar-refractivity contribution in [1.29, 1.82) is 0 Å². The number of hydrogen-bond donors (Lipinski definition) is 0. The highest BCUT2D eigenvalue weighted by Gasteiger charge is 2.40. The van der Waals surface area contributed by atoms with Gasteiger partial charge in [0.05, 0.1) is 0 Å². The summed E-state index contributed by atoms with van der Waals surface area (Å²) in [6.45, 7) is 0. The maximum absolute atomic E-state index is 6.13. The van der Waals surface area contributed by atoms with Crippen LogP contribution in [0.3, 0.4) is 0 Å². The maximum atomic E-state index is 6.13. The molecular weight excluding hydrogens is 263 g/mol. The van der Waals surface area contributed by atoms with E-state index in [1.807, 2.05) is 12.1 Å². The van der Waals surface area contributed by atoms with E-state index in [9.17, 15) is 0 Å². The minimum absolute atomic E-state index is 0.602. The molecule has 96 valence electrons. The molecule has 0 bridgehead atoms. The molecule has 1 aromatic carbocycles. The second-order valence-corrected chi connectivity index (χ2v) is 6.46. The quantitative estimate of drug-likeness (QED) is 0.611. The van der Waals surface area contributed by atoms with Gasteiger partial charge in [0.1, 0.15) is 0 Å². The third kappa shape index (κ3) is 2.21. The molecule has 2 heteroatoms. The fraction of sp³-hybridized carbons (Fsp3) is 0.500. The summed E-state index contributed by atoms with van der Waals surface area (Å²) in [5, 5.41) is 0.806. The summed E-state index contributed by atoms with van der Waals surface area (Å²) in [6, 6.07) is 8.25.